The van der Waals surface area contributed by atoms with Gasteiger partial charge in [-0.3, -0.25) is 9.89 Å². The summed E-state index contributed by atoms with van der Waals surface area (Å²) in [5.41, 5.74) is 10.1. The predicted octanol–water partition coefficient (Wildman–Crippen LogP) is 2.07. The number of aromatic nitrogens is 2. The molecule has 0 bridgehead atoms. The van der Waals surface area contributed by atoms with E-state index in [1.165, 1.54) is 5.56 Å². The van der Waals surface area contributed by atoms with Crippen LogP contribution in [0.4, 0.5) is 11.4 Å². The van der Waals surface area contributed by atoms with Gasteiger partial charge in [0.15, 0.2) is 5.69 Å². The molecule has 1 amide bonds. The van der Waals surface area contributed by atoms with E-state index in [0.29, 0.717) is 23.8 Å². The summed E-state index contributed by atoms with van der Waals surface area (Å²) in [4.78, 5) is 14.4. The van der Waals surface area contributed by atoms with Crippen molar-refractivity contribution in [3.8, 4) is 0 Å². The molecule has 1 aliphatic carbocycles. The van der Waals surface area contributed by atoms with E-state index in [1.54, 1.807) is 4.90 Å². The Balaban J connectivity index is 1.68. The van der Waals surface area contributed by atoms with Gasteiger partial charge in [0, 0.05) is 18.2 Å². The highest BCUT2D eigenvalue weighted by molar-refractivity contribution is 6.09. The zero-order valence-corrected chi connectivity index (χ0v) is 11.1. The lowest BCUT2D eigenvalue weighted by molar-refractivity contribution is 0.0985. The SMILES string of the molecule is Nc1c(C(=O)N2CCc3ccccc32)n[nH]c1C1CC1. The van der Waals surface area contributed by atoms with E-state index in [-0.39, 0.29) is 5.91 Å². The van der Waals surface area contributed by atoms with Crippen LogP contribution >= 0.6 is 0 Å². The smallest absolute Gasteiger partial charge is 0.280 e. The van der Waals surface area contributed by atoms with Gasteiger partial charge in [0.1, 0.15) is 0 Å². The van der Waals surface area contributed by atoms with Crippen LogP contribution in [-0.4, -0.2) is 22.6 Å². The Morgan fingerprint density at radius 1 is 1.35 bits per heavy atom. The number of aromatic amines is 1. The first-order chi connectivity index (χ1) is 9.75. The summed E-state index contributed by atoms with van der Waals surface area (Å²) >= 11 is 0. The second-order valence-electron chi connectivity index (χ2n) is 5.51. The average molecular weight is 268 g/mol. The van der Waals surface area contributed by atoms with Gasteiger partial charge >= 0.3 is 0 Å². The monoisotopic (exact) mass is 268 g/mol. The van der Waals surface area contributed by atoms with Crippen LogP contribution in [0, 0.1) is 0 Å². The summed E-state index contributed by atoms with van der Waals surface area (Å²) in [6.45, 7) is 0.698. The summed E-state index contributed by atoms with van der Waals surface area (Å²) in [7, 11) is 0. The molecule has 2 aromatic rings. The van der Waals surface area contributed by atoms with Gasteiger partial charge in [-0.05, 0) is 30.9 Å². The summed E-state index contributed by atoms with van der Waals surface area (Å²) in [6, 6.07) is 7.99. The zero-order valence-electron chi connectivity index (χ0n) is 11.1. The number of nitrogens with zero attached hydrogens (tertiary/aromatic N) is 2. The second kappa shape index (κ2) is 4.10. The van der Waals surface area contributed by atoms with E-state index in [4.69, 9.17) is 5.73 Å². The molecule has 1 aliphatic heterocycles. The molecule has 2 heterocycles. The lowest BCUT2D eigenvalue weighted by Crippen LogP contribution is -2.29. The molecular weight excluding hydrogens is 252 g/mol. The molecule has 1 aromatic heterocycles. The summed E-state index contributed by atoms with van der Waals surface area (Å²) < 4.78 is 0. The molecule has 0 radical (unpaired) electrons. The molecule has 20 heavy (non-hydrogen) atoms. The number of rotatable bonds is 2. The Morgan fingerprint density at radius 3 is 2.95 bits per heavy atom. The molecule has 2 aliphatic rings. The molecule has 1 fully saturated rings. The van der Waals surface area contributed by atoms with Crippen molar-refractivity contribution < 1.29 is 4.79 Å². The first kappa shape index (κ1) is 11.5. The average Bonchev–Trinajstić information content (AvgIpc) is 3.10. The molecule has 5 nitrogen and oxygen atoms in total. The van der Waals surface area contributed by atoms with Gasteiger partial charge in [-0.25, -0.2) is 0 Å². The van der Waals surface area contributed by atoms with E-state index >= 15 is 0 Å². The van der Waals surface area contributed by atoms with Crippen molar-refractivity contribution in [3.63, 3.8) is 0 Å². The van der Waals surface area contributed by atoms with Crippen molar-refractivity contribution >= 4 is 17.3 Å². The molecule has 5 heteroatoms. The van der Waals surface area contributed by atoms with Crippen molar-refractivity contribution in [1.29, 1.82) is 0 Å². The van der Waals surface area contributed by atoms with Crippen LogP contribution in [0.2, 0.25) is 0 Å². The zero-order chi connectivity index (χ0) is 13.7. The fourth-order valence-electron chi connectivity index (χ4n) is 2.89. The highest BCUT2D eigenvalue weighted by Crippen LogP contribution is 2.42. The molecule has 4 rings (SSSR count). The van der Waals surface area contributed by atoms with E-state index in [9.17, 15) is 4.79 Å². The number of nitrogens with one attached hydrogen (secondary N) is 1. The fourth-order valence-corrected chi connectivity index (χ4v) is 2.89. The van der Waals surface area contributed by atoms with Crippen LogP contribution in [-0.2, 0) is 6.42 Å². The highest BCUT2D eigenvalue weighted by atomic mass is 16.2. The second-order valence-corrected chi connectivity index (χ2v) is 5.51. The number of hydrogen-bond donors (Lipinski definition) is 2. The lowest BCUT2D eigenvalue weighted by atomic mass is 10.2. The molecule has 102 valence electrons. The van der Waals surface area contributed by atoms with Crippen LogP contribution < -0.4 is 10.6 Å². The number of fused-ring (bicyclic) bond motifs is 1. The number of hydrogen-bond acceptors (Lipinski definition) is 3. The van der Waals surface area contributed by atoms with E-state index in [2.05, 4.69) is 16.3 Å². The largest absolute Gasteiger partial charge is 0.395 e. The predicted molar refractivity (Wildman–Crippen MR) is 76.8 cm³/mol. The van der Waals surface area contributed by atoms with Gasteiger partial charge < -0.3 is 10.6 Å². The van der Waals surface area contributed by atoms with E-state index in [1.807, 2.05) is 18.2 Å². The molecule has 1 saturated carbocycles. The Morgan fingerprint density at radius 2 is 2.15 bits per heavy atom. The molecule has 0 unspecified atom stereocenters. The van der Waals surface area contributed by atoms with E-state index < -0.39 is 0 Å². The number of anilines is 2. The molecule has 0 spiro atoms. The van der Waals surface area contributed by atoms with Crippen LogP contribution in [0.3, 0.4) is 0 Å². The molecule has 0 saturated heterocycles. The Labute approximate surface area is 116 Å². The molecule has 1 aromatic carbocycles. The Bertz CT molecular complexity index is 687. The third-order valence-electron chi connectivity index (χ3n) is 4.15. The number of para-hydroxylation sites is 1. The van der Waals surface area contributed by atoms with Gasteiger partial charge in [0.2, 0.25) is 0 Å². The topological polar surface area (TPSA) is 75.0 Å². The van der Waals surface area contributed by atoms with Crippen LogP contribution in [0.1, 0.15) is 40.5 Å². The summed E-state index contributed by atoms with van der Waals surface area (Å²) in [5.74, 6) is 0.366. The lowest BCUT2D eigenvalue weighted by Gasteiger charge is -2.16. The minimum Gasteiger partial charge on any atom is -0.395 e. The van der Waals surface area contributed by atoms with Gasteiger partial charge in [0.05, 0.1) is 11.4 Å². The third-order valence-corrected chi connectivity index (χ3v) is 4.15. The summed E-state index contributed by atoms with van der Waals surface area (Å²) in [5, 5.41) is 7.10. The van der Waals surface area contributed by atoms with Crippen LogP contribution in [0.15, 0.2) is 24.3 Å². The third kappa shape index (κ3) is 1.62. The molecule has 3 N–H and O–H groups in total. The first-order valence-electron chi connectivity index (χ1n) is 6.99. The minimum absolute atomic E-state index is 0.101. The number of amides is 1. The van der Waals surface area contributed by atoms with Crippen molar-refractivity contribution in [3.05, 3.63) is 41.2 Å². The van der Waals surface area contributed by atoms with Gasteiger partial charge in [-0.1, -0.05) is 18.2 Å². The van der Waals surface area contributed by atoms with Crippen molar-refractivity contribution in [1.82, 2.24) is 10.2 Å². The van der Waals surface area contributed by atoms with Crippen LogP contribution in [0.5, 0.6) is 0 Å². The number of nitrogens with two attached hydrogens (primary N) is 1. The maximum atomic E-state index is 12.7. The quantitative estimate of drug-likeness (QED) is 0.875. The van der Waals surface area contributed by atoms with Crippen molar-refractivity contribution in [2.45, 2.75) is 25.2 Å². The van der Waals surface area contributed by atoms with E-state index in [0.717, 1.165) is 30.6 Å². The normalized spacial score (nSPS) is 17.3. The standard InChI is InChI=1S/C15H16N4O/c16-12-13(10-5-6-10)17-18-14(12)15(20)19-8-7-9-3-1-2-4-11(9)19/h1-4,10H,5-8,16H2,(H,17,18). The minimum atomic E-state index is -0.101. The maximum Gasteiger partial charge on any atom is 0.280 e. The number of H-pyrrole nitrogens is 1. The van der Waals surface area contributed by atoms with Gasteiger partial charge in [-0.15, -0.1) is 0 Å². The molecule has 0 atom stereocenters. The summed E-state index contributed by atoms with van der Waals surface area (Å²) in [6.07, 6.45) is 3.15. The van der Waals surface area contributed by atoms with Gasteiger partial charge in [-0.2, -0.15) is 5.10 Å². The highest BCUT2D eigenvalue weighted by Gasteiger charge is 2.33. The number of benzene rings is 1. The molecular formula is C15H16N4O. The van der Waals surface area contributed by atoms with Crippen molar-refractivity contribution in [2.24, 2.45) is 0 Å². The number of nitrogen functional groups attached to an aromatic ring is 1. The maximum absolute atomic E-state index is 12.7. The number of carbonyl (C=O) groups excluding carboxylic acids is 1. The van der Waals surface area contributed by atoms with Crippen molar-refractivity contribution in [2.75, 3.05) is 17.2 Å². The van der Waals surface area contributed by atoms with Gasteiger partial charge in [0.25, 0.3) is 5.91 Å². The van der Waals surface area contributed by atoms with Crippen LogP contribution in [0.25, 0.3) is 0 Å². The first-order valence-corrected chi connectivity index (χ1v) is 6.99. The Hall–Kier alpha value is -2.30. The fraction of sp³-hybridized carbons (Fsp3) is 0.333. The number of carbonyl (C=O) groups is 1. The Kier molecular flexibility index (Phi) is 2.36.